The van der Waals surface area contributed by atoms with Gasteiger partial charge < -0.3 is 16.0 Å². The minimum atomic E-state index is -0.828. The highest BCUT2D eigenvalue weighted by Crippen LogP contribution is 2.27. The van der Waals surface area contributed by atoms with Crippen LogP contribution < -0.4 is 11.1 Å². The number of piperazine rings is 1. The van der Waals surface area contributed by atoms with Gasteiger partial charge in [-0.2, -0.15) is 5.26 Å². The molecule has 0 spiro atoms. The highest BCUT2D eigenvalue weighted by Gasteiger charge is 2.36. The van der Waals surface area contributed by atoms with E-state index < -0.39 is 11.6 Å². The van der Waals surface area contributed by atoms with Gasteiger partial charge in [-0.3, -0.25) is 9.69 Å². The molecule has 2 atom stereocenters. The molecule has 1 saturated carbocycles. The van der Waals surface area contributed by atoms with Gasteiger partial charge in [-0.15, -0.1) is 0 Å². The van der Waals surface area contributed by atoms with Crippen molar-refractivity contribution >= 4 is 5.91 Å². The lowest BCUT2D eigenvalue weighted by molar-refractivity contribution is -0.127. The number of carbonyl (C=O) groups is 1. The summed E-state index contributed by atoms with van der Waals surface area (Å²) in [4.78, 5) is 17.7. The summed E-state index contributed by atoms with van der Waals surface area (Å²) < 4.78 is 0. The van der Waals surface area contributed by atoms with E-state index in [-0.39, 0.29) is 5.91 Å². The first-order valence-electron chi connectivity index (χ1n) is 13.0. The predicted octanol–water partition coefficient (Wildman–Crippen LogP) is 3.87. The minimum absolute atomic E-state index is 0.189. The van der Waals surface area contributed by atoms with Crippen LogP contribution in [-0.2, 0) is 11.2 Å². The van der Waals surface area contributed by atoms with Crippen LogP contribution in [0.5, 0.6) is 0 Å². The number of benzene rings is 2. The quantitative estimate of drug-likeness (QED) is 0.638. The van der Waals surface area contributed by atoms with Crippen LogP contribution in [0, 0.1) is 11.3 Å². The van der Waals surface area contributed by atoms with Crippen molar-refractivity contribution in [2.24, 2.45) is 5.73 Å². The molecule has 1 heterocycles. The Kier molecular flexibility index (Phi) is 8.22. The summed E-state index contributed by atoms with van der Waals surface area (Å²) in [6, 6.07) is 19.2. The zero-order valence-electron chi connectivity index (χ0n) is 21.2. The first-order valence-corrected chi connectivity index (χ1v) is 13.0. The third-order valence-corrected chi connectivity index (χ3v) is 7.86. The summed E-state index contributed by atoms with van der Waals surface area (Å²) in [5.74, 6) is -0.189. The molecule has 6 heteroatoms. The number of nitrogens with one attached hydrogen (secondary N) is 1. The van der Waals surface area contributed by atoms with Crippen molar-refractivity contribution in [1.29, 1.82) is 5.26 Å². The number of carbonyl (C=O) groups excluding carboxylic acids is 1. The van der Waals surface area contributed by atoms with Gasteiger partial charge >= 0.3 is 0 Å². The molecule has 0 bridgehead atoms. The van der Waals surface area contributed by atoms with Crippen LogP contribution in [0.15, 0.2) is 48.5 Å². The highest BCUT2D eigenvalue weighted by molar-refractivity contribution is 5.86. The van der Waals surface area contributed by atoms with Gasteiger partial charge in [-0.05, 0) is 49.1 Å². The van der Waals surface area contributed by atoms with Crippen molar-refractivity contribution in [3.63, 3.8) is 0 Å². The molecule has 2 fully saturated rings. The number of likely N-dealkylation sites (N-methyl/N-ethyl adjacent to an activating group) is 1. The van der Waals surface area contributed by atoms with Gasteiger partial charge in [0.1, 0.15) is 6.04 Å². The zero-order valence-corrected chi connectivity index (χ0v) is 21.2. The Bertz CT molecular complexity index is 1010. The smallest absolute Gasteiger partial charge is 0.241 e. The Balaban J connectivity index is 1.35. The monoisotopic (exact) mass is 473 g/mol. The largest absolute Gasteiger partial charge is 0.338 e. The van der Waals surface area contributed by atoms with Crippen molar-refractivity contribution in [2.75, 3.05) is 33.2 Å². The van der Waals surface area contributed by atoms with E-state index in [9.17, 15) is 10.1 Å². The van der Waals surface area contributed by atoms with Crippen LogP contribution in [0.4, 0.5) is 0 Å². The minimum Gasteiger partial charge on any atom is -0.338 e. The molecule has 0 aromatic heterocycles. The Morgan fingerprint density at radius 2 is 1.57 bits per heavy atom. The van der Waals surface area contributed by atoms with Crippen molar-refractivity contribution < 1.29 is 4.79 Å². The molecule has 2 aromatic carbocycles. The SMILES string of the molecule is CC(c1ccc(-c2ccc(CC(C#N)NC(=O)C3(N)CCCCC3)cc2)cc1)N1CCN(C)CC1. The Morgan fingerprint density at radius 3 is 2.14 bits per heavy atom. The fourth-order valence-corrected chi connectivity index (χ4v) is 5.28. The van der Waals surface area contributed by atoms with E-state index in [1.54, 1.807) is 0 Å². The molecule has 2 aromatic rings. The number of hydrogen-bond donors (Lipinski definition) is 2. The van der Waals surface area contributed by atoms with Gasteiger partial charge in [-0.25, -0.2) is 0 Å². The van der Waals surface area contributed by atoms with Gasteiger partial charge in [0.05, 0.1) is 11.6 Å². The maximum atomic E-state index is 12.7. The van der Waals surface area contributed by atoms with Gasteiger partial charge in [0.25, 0.3) is 0 Å². The summed E-state index contributed by atoms with van der Waals surface area (Å²) in [7, 11) is 2.19. The van der Waals surface area contributed by atoms with Crippen LogP contribution in [0.2, 0.25) is 0 Å². The van der Waals surface area contributed by atoms with Crippen molar-refractivity contribution in [3.8, 4) is 17.2 Å². The molecule has 0 radical (unpaired) electrons. The molecule has 6 nitrogen and oxygen atoms in total. The average Bonchev–Trinajstić information content (AvgIpc) is 2.89. The molecule has 1 aliphatic heterocycles. The molecule has 2 aliphatic rings. The molecule has 1 aliphatic carbocycles. The maximum Gasteiger partial charge on any atom is 0.241 e. The lowest BCUT2D eigenvalue weighted by atomic mass is 9.81. The van der Waals surface area contributed by atoms with Crippen molar-refractivity contribution in [1.82, 2.24) is 15.1 Å². The fraction of sp³-hybridized carbons (Fsp3) is 0.517. The number of nitrogens with two attached hydrogens (primary N) is 1. The normalized spacial score (nSPS) is 20.5. The van der Waals surface area contributed by atoms with Crippen LogP contribution >= 0.6 is 0 Å². The summed E-state index contributed by atoms with van der Waals surface area (Å²) in [6.45, 7) is 6.76. The molecule has 2 unspecified atom stereocenters. The van der Waals surface area contributed by atoms with E-state index in [1.807, 2.05) is 12.1 Å². The number of nitriles is 1. The van der Waals surface area contributed by atoms with Gasteiger partial charge in [0, 0.05) is 38.6 Å². The van der Waals surface area contributed by atoms with Crippen molar-refractivity contribution in [3.05, 3.63) is 59.7 Å². The topological polar surface area (TPSA) is 85.4 Å². The molecule has 4 rings (SSSR count). The summed E-state index contributed by atoms with van der Waals surface area (Å²) in [6.07, 6.45) is 4.92. The standard InChI is InChI=1S/C29H39N5O/c1-22(34-18-16-33(2)17-19-34)24-10-12-26(13-11-24)25-8-6-23(7-9-25)20-27(21-30)32-28(35)29(31)14-4-3-5-15-29/h6-13,22,27H,3-5,14-20,31H2,1-2H3,(H,32,35). The fourth-order valence-electron chi connectivity index (χ4n) is 5.28. The van der Waals surface area contributed by atoms with E-state index in [0.29, 0.717) is 25.3 Å². The Hall–Kier alpha value is -2.72. The average molecular weight is 474 g/mol. The van der Waals surface area contributed by atoms with E-state index in [0.717, 1.165) is 56.6 Å². The number of amides is 1. The lowest BCUT2D eigenvalue weighted by Crippen LogP contribution is -2.57. The molecular weight excluding hydrogens is 434 g/mol. The maximum absolute atomic E-state index is 12.7. The third-order valence-electron chi connectivity index (χ3n) is 7.86. The van der Waals surface area contributed by atoms with Crippen LogP contribution in [0.1, 0.15) is 56.2 Å². The van der Waals surface area contributed by atoms with E-state index in [4.69, 9.17) is 5.73 Å². The summed E-state index contributed by atoms with van der Waals surface area (Å²) >= 11 is 0. The van der Waals surface area contributed by atoms with E-state index in [1.165, 1.54) is 11.1 Å². The molecule has 35 heavy (non-hydrogen) atoms. The van der Waals surface area contributed by atoms with Crippen LogP contribution in [0.25, 0.3) is 11.1 Å². The van der Waals surface area contributed by atoms with Gasteiger partial charge in [0.15, 0.2) is 0 Å². The van der Waals surface area contributed by atoms with Crippen LogP contribution in [-0.4, -0.2) is 60.5 Å². The molecule has 3 N–H and O–H groups in total. The van der Waals surface area contributed by atoms with Crippen LogP contribution in [0.3, 0.4) is 0 Å². The van der Waals surface area contributed by atoms with E-state index in [2.05, 4.69) is 71.6 Å². The summed E-state index contributed by atoms with van der Waals surface area (Å²) in [5.41, 5.74) is 10.2. The number of hydrogen-bond acceptors (Lipinski definition) is 5. The Labute approximate surface area is 210 Å². The second-order valence-corrected chi connectivity index (χ2v) is 10.4. The highest BCUT2D eigenvalue weighted by atomic mass is 16.2. The van der Waals surface area contributed by atoms with Gasteiger partial charge in [0.2, 0.25) is 5.91 Å². The number of nitrogens with zero attached hydrogens (tertiary/aromatic N) is 3. The molecule has 1 amide bonds. The second kappa shape index (κ2) is 11.3. The first-order chi connectivity index (χ1) is 16.9. The second-order valence-electron chi connectivity index (χ2n) is 10.4. The number of rotatable bonds is 7. The lowest BCUT2D eigenvalue weighted by Gasteiger charge is -2.36. The van der Waals surface area contributed by atoms with E-state index >= 15 is 0 Å². The van der Waals surface area contributed by atoms with Gasteiger partial charge in [-0.1, -0.05) is 67.8 Å². The molecule has 1 saturated heterocycles. The third kappa shape index (κ3) is 6.29. The zero-order chi connectivity index (χ0) is 24.8. The Morgan fingerprint density at radius 1 is 1.00 bits per heavy atom. The summed E-state index contributed by atoms with van der Waals surface area (Å²) in [5, 5.41) is 12.5. The molecule has 186 valence electrons. The van der Waals surface area contributed by atoms with Crippen molar-refractivity contribution in [2.45, 2.75) is 63.1 Å². The molecular formula is C29H39N5O. The first kappa shape index (κ1) is 25.4. The predicted molar refractivity (Wildman–Crippen MR) is 141 cm³/mol.